The number of hydrogen-bond donors (Lipinski definition) is 2. The fourth-order valence-corrected chi connectivity index (χ4v) is 2.59. The summed E-state index contributed by atoms with van der Waals surface area (Å²) in [5, 5.41) is 6.29. The van der Waals surface area contributed by atoms with Gasteiger partial charge in [0.1, 0.15) is 0 Å². The van der Waals surface area contributed by atoms with Crippen molar-refractivity contribution < 1.29 is 4.79 Å². The maximum absolute atomic E-state index is 11.3. The summed E-state index contributed by atoms with van der Waals surface area (Å²) < 4.78 is 0. The Morgan fingerprint density at radius 2 is 2.29 bits per heavy atom. The van der Waals surface area contributed by atoms with E-state index in [4.69, 9.17) is 0 Å². The Labute approximate surface area is 106 Å². The zero-order valence-corrected chi connectivity index (χ0v) is 10.9. The molecule has 0 saturated carbocycles. The minimum Gasteiger partial charge on any atom is -0.385 e. The molecular formula is C13H18N2OS. The summed E-state index contributed by atoms with van der Waals surface area (Å²) in [6.07, 6.45) is 3.68. The summed E-state index contributed by atoms with van der Waals surface area (Å²) in [5.41, 5.74) is 2.02. The van der Waals surface area contributed by atoms with Crippen molar-refractivity contribution in [1.82, 2.24) is 0 Å². The molecule has 17 heavy (non-hydrogen) atoms. The predicted molar refractivity (Wildman–Crippen MR) is 73.8 cm³/mol. The van der Waals surface area contributed by atoms with Gasteiger partial charge in [0, 0.05) is 17.1 Å². The Morgan fingerprint density at radius 3 is 3.12 bits per heavy atom. The lowest BCUT2D eigenvalue weighted by Gasteiger charge is -2.17. The molecule has 0 atom stereocenters. The Hall–Kier alpha value is -1.16. The Kier molecular flexibility index (Phi) is 4.31. The first-order chi connectivity index (χ1) is 8.29. The first-order valence-electron chi connectivity index (χ1n) is 6.10. The molecule has 2 rings (SSSR count). The average Bonchev–Trinajstić information content (AvgIpc) is 2.34. The van der Waals surface area contributed by atoms with Crippen molar-refractivity contribution in [3.05, 3.63) is 18.2 Å². The first-order valence-corrected chi connectivity index (χ1v) is 7.08. The molecule has 1 aliphatic rings. The second kappa shape index (κ2) is 5.96. The third-order valence-electron chi connectivity index (χ3n) is 2.72. The van der Waals surface area contributed by atoms with Crippen LogP contribution >= 0.6 is 11.8 Å². The van der Waals surface area contributed by atoms with E-state index in [1.807, 2.05) is 6.07 Å². The van der Waals surface area contributed by atoms with E-state index in [-0.39, 0.29) is 5.91 Å². The van der Waals surface area contributed by atoms with Gasteiger partial charge in [0.2, 0.25) is 5.91 Å². The van der Waals surface area contributed by atoms with Crippen LogP contribution in [0.1, 0.15) is 26.2 Å². The van der Waals surface area contributed by atoms with Crippen LogP contribution in [0.25, 0.3) is 0 Å². The molecule has 0 unspecified atom stereocenters. The van der Waals surface area contributed by atoms with Crippen molar-refractivity contribution in [2.24, 2.45) is 0 Å². The monoisotopic (exact) mass is 250 g/mol. The van der Waals surface area contributed by atoms with Crippen LogP contribution in [0.2, 0.25) is 0 Å². The van der Waals surface area contributed by atoms with E-state index in [2.05, 4.69) is 29.7 Å². The van der Waals surface area contributed by atoms with Crippen molar-refractivity contribution in [3.8, 4) is 0 Å². The zero-order valence-electron chi connectivity index (χ0n) is 10.1. The highest BCUT2D eigenvalue weighted by Crippen LogP contribution is 2.33. The van der Waals surface area contributed by atoms with Gasteiger partial charge in [0.05, 0.1) is 11.4 Å². The SMILES string of the molecule is CCCCCNc1ccc2c(c1)NC(=O)CS2. The van der Waals surface area contributed by atoms with Gasteiger partial charge in [0.15, 0.2) is 0 Å². The molecule has 0 radical (unpaired) electrons. The summed E-state index contributed by atoms with van der Waals surface area (Å²) in [7, 11) is 0. The highest BCUT2D eigenvalue weighted by molar-refractivity contribution is 8.00. The molecule has 2 N–H and O–H groups in total. The van der Waals surface area contributed by atoms with Crippen LogP contribution in [0, 0.1) is 0 Å². The number of anilines is 2. The molecule has 3 nitrogen and oxygen atoms in total. The summed E-state index contributed by atoms with van der Waals surface area (Å²) >= 11 is 1.60. The molecule has 0 aromatic heterocycles. The second-order valence-electron chi connectivity index (χ2n) is 4.18. The molecule has 0 aliphatic carbocycles. The summed E-state index contributed by atoms with van der Waals surface area (Å²) in [4.78, 5) is 12.4. The topological polar surface area (TPSA) is 41.1 Å². The normalized spacial score (nSPS) is 14.1. The molecule has 1 amide bonds. The van der Waals surface area contributed by atoms with Crippen molar-refractivity contribution in [3.63, 3.8) is 0 Å². The lowest BCUT2D eigenvalue weighted by molar-refractivity contribution is -0.113. The minimum absolute atomic E-state index is 0.0885. The van der Waals surface area contributed by atoms with Crippen molar-refractivity contribution in [2.45, 2.75) is 31.1 Å². The fraction of sp³-hybridized carbons (Fsp3) is 0.462. The van der Waals surface area contributed by atoms with Gasteiger partial charge in [-0.05, 0) is 24.6 Å². The number of amides is 1. The first kappa shape index (κ1) is 12.3. The van der Waals surface area contributed by atoms with Crippen LogP contribution in [-0.4, -0.2) is 18.2 Å². The maximum atomic E-state index is 11.3. The van der Waals surface area contributed by atoms with Crippen molar-refractivity contribution in [2.75, 3.05) is 22.9 Å². The van der Waals surface area contributed by atoms with Crippen LogP contribution < -0.4 is 10.6 Å². The number of unbranched alkanes of at least 4 members (excludes halogenated alkanes) is 2. The van der Waals surface area contributed by atoms with Crippen LogP contribution in [0.5, 0.6) is 0 Å². The van der Waals surface area contributed by atoms with Gasteiger partial charge in [0.25, 0.3) is 0 Å². The predicted octanol–water partition coefficient (Wildman–Crippen LogP) is 3.33. The molecule has 0 saturated heterocycles. The molecule has 0 spiro atoms. The van der Waals surface area contributed by atoms with Crippen molar-refractivity contribution in [1.29, 1.82) is 0 Å². The molecule has 1 aromatic carbocycles. The van der Waals surface area contributed by atoms with E-state index in [1.165, 1.54) is 19.3 Å². The minimum atomic E-state index is 0.0885. The highest BCUT2D eigenvalue weighted by Gasteiger charge is 2.15. The number of fused-ring (bicyclic) bond motifs is 1. The zero-order chi connectivity index (χ0) is 12.1. The van der Waals surface area contributed by atoms with E-state index in [0.717, 1.165) is 22.8 Å². The van der Waals surface area contributed by atoms with Crippen LogP contribution in [0.15, 0.2) is 23.1 Å². The van der Waals surface area contributed by atoms with Crippen molar-refractivity contribution >= 4 is 29.0 Å². The van der Waals surface area contributed by atoms with E-state index < -0.39 is 0 Å². The molecule has 0 bridgehead atoms. The number of carbonyl (C=O) groups excluding carboxylic acids is 1. The lowest BCUT2D eigenvalue weighted by Crippen LogP contribution is -2.18. The lowest BCUT2D eigenvalue weighted by atomic mass is 10.2. The average molecular weight is 250 g/mol. The van der Waals surface area contributed by atoms with Gasteiger partial charge in [-0.15, -0.1) is 11.8 Å². The van der Waals surface area contributed by atoms with E-state index in [9.17, 15) is 4.79 Å². The van der Waals surface area contributed by atoms with Gasteiger partial charge in [-0.25, -0.2) is 0 Å². The van der Waals surface area contributed by atoms with E-state index in [1.54, 1.807) is 11.8 Å². The number of rotatable bonds is 5. The van der Waals surface area contributed by atoms with Gasteiger partial charge >= 0.3 is 0 Å². The molecule has 0 fully saturated rings. The van der Waals surface area contributed by atoms with E-state index in [0.29, 0.717) is 5.75 Å². The van der Waals surface area contributed by atoms with Gasteiger partial charge in [-0.1, -0.05) is 19.8 Å². The van der Waals surface area contributed by atoms with E-state index >= 15 is 0 Å². The van der Waals surface area contributed by atoms with Gasteiger partial charge in [-0.2, -0.15) is 0 Å². The third-order valence-corrected chi connectivity index (χ3v) is 3.80. The second-order valence-corrected chi connectivity index (χ2v) is 5.20. The smallest absolute Gasteiger partial charge is 0.234 e. The summed E-state index contributed by atoms with van der Waals surface area (Å²) in [6.45, 7) is 3.19. The van der Waals surface area contributed by atoms with Gasteiger partial charge in [-0.3, -0.25) is 4.79 Å². The summed E-state index contributed by atoms with van der Waals surface area (Å²) in [5.74, 6) is 0.613. The molecule has 1 aliphatic heterocycles. The number of benzene rings is 1. The number of hydrogen-bond acceptors (Lipinski definition) is 3. The molecule has 1 aromatic rings. The Bertz CT molecular complexity index is 406. The quantitative estimate of drug-likeness (QED) is 0.788. The number of carbonyl (C=O) groups is 1. The molecular weight excluding hydrogens is 232 g/mol. The summed E-state index contributed by atoms with van der Waals surface area (Å²) in [6, 6.07) is 6.17. The highest BCUT2D eigenvalue weighted by atomic mass is 32.2. The Morgan fingerprint density at radius 1 is 1.41 bits per heavy atom. The van der Waals surface area contributed by atoms with Crippen LogP contribution in [-0.2, 0) is 4.79 Å². The number of nitrogens with one attached hydrogen (secondary N) is 2. The van der Waals surface area contributed by atoms with Crippen LogP contribution in [0.3, 0.4) is 0 Å². The maximum Gasteiger partial charge on any atom is 0.234 e. The Balaban J connectivity index is 1.95. The van der Waals surface area contributed by atoms with Crippen LogP contribution in [0.4, 0.5) is 11.4 Å². The molecule has 1 heterocycles. The fourth-order valence-electron chi connectivity index (χ4n) is 1.80. The largest absolute Gasteiger partial charge is 0.385 e. The van der Waals surface area contributed by atoms with Gasteiger partial charge < -0.3 is 10.6 Å². The number of thioether (sulfide) groups is 1. The third kappa shape index (κ3) is 3.40. The molecule has 4 heteroatoms. The molecule has 92 valence electrons. The standard InChI is InChI=1S/C13H18N2OS/c1-2-3-4-7-14-10-5-6-12-11(8-10)15-13(16)9-17-12/h5-6,8,14H,2-4,7,9H2,1H3,(H,15,16).